The molecule has 0 bridgehead atoms. The first kappa shape index (κ1) is 34.1. The van der Waals surface area contributed by atoms with Gasteiger partial charge in [-0.05, 0) is 81.5 Å². The summed E-state index contributed by atoms with van der Waals surface area (Å²) in [7, 11) is 3.17. The number of amides is 2. The van der Waals surface area contributed by atoms with E-state index in [2.05, 4.69) is 10.6 Å². The van der Waals surface area contributed by atoms with Crippen LogP contribution in [0.1, 0.15) is 73.2 Å². The summed E-state index contributed by atoms with van der Waals surface area (Å²) in [4.78, 5) is 25.7. The predicted octanol–water partition coefficient (Wildman–Crippen LogP) is 6.23. The fraction of sp³-hybridized carbons (Fsp3) is 0.429. The van der Waals surface area contributed by atoms with Crippen molar-refractivity contribution in [3.8, 4) is 28.7 Å². The predicted molar refractivity (Wildman–Crippen MR) is 172 cm³/mol. The molecule has 0 aromatic heterocycles. The summed E-state index contributed by atoms with van der Waals surface area (Å²) in [5.74, 6) is 2.65. The van der Waals surface area contributed by atoms with Gasteiger partial charge < -0.3 is 34.3 Å². The Labute approximate surface area is 261 Å². The Hall–Kier alpha value is -4.40. The summed E-state index contributed by atoms with van der Waals surface area (Å²) in [6.07, 6.45) is 2.93. The molecule has 3 aromatic rings. The van der Waals surface area contributed by atoms with Crippen LogP contribution in [-0.2, 0) is 6.42 Å². The molecule has 3 aromatic carbocycles. The first-order valence-electron chi connectivity index (χ1n) is 15.2. The number of benzene rings is 3. The van der Waals surface area contributed by atoms with Gasteiger partial charge in [-0.25, -0.2) is 0 Å². The molecular formula is C35H46N2O7. The Kier molecular flexibility index (Phi) is 13.7. The Morgan fingerprint density at radius 3 is 1.64 bits per heavy atom. The molecule has 0 aliphatic carbocycles. The van der Waals surface area contributed by atoms with Gasteiger partial charge in [0.1, 0.15) is 28.7 Å². The highest BCUT2D eigenvalue weighted by molar-refractivity contribution is 5.97. The molecule has 0 saturated carbocycles. The van der Waals surface area contributed by atoms with Crippen molar-refractivity contribution in [1.29, 1.82) is 0 Å². The maximum atomic E-state index is 12.9. The lowest BCUT2D eigenvalue weighted by molar-refractivity contribution is 0.0936. The molecule has 0 saturated heterocycles. The van der Waals surface area contributed by atoms with Crippen LogP contribution in [0.4, 0.5) is 0 Å². The lowest BCUT2D eigenvalue weighted by atomic mass is 10.1. The van der Waals surface area contributed by atoms with E-state index < -0.39 is 0 Å². The number of rotatable bonds is 18. The van der Waals surface area contributed by atoms with Crippen molar-refractivity contribution in [2.75, 3.05) is 33.9 Å². The Morgan fingerprint density at radius 2 is 1.16 bits per heavy atom. The highest BCUT2D eigenvalue weighted by Crippen LogP contribution is 2.27. The second-order valence-electron chi connectivity index (χ2n) is 10.5. The fourth-order valence-corrected chi connectivity index (χ4v) is 4.16. The molecule has 0 aliphatic rings. The molecule has 2 unspecified atom stereocenters. The normalized spacial score (nSPS) is 12.0. The minimum Gasteiger partial charge on any atom is -0.497 e. The van der Waals surface area contributed by atoms with Crippen LogP contribution in [0.15, 0.2) is 60.7 Å². The molecular weight excluding hydrogens is 560 g/mol. The minimum atomic E-state index is -0.200. The van der Waals surface area contributed by atoms with Gasteiger partial charge in [-0.2, -0.15) is 0 Å². The minimum absolute atomic E-state index is 0.0184. The average molecular weight is 607 g/mol. The summed E-state index contributed by atoms with van der Waals surface area (Å²) in [6.45, 7) is 9.39. The largest absolute Gasteiger partial charge is 0.497 e. The van der Waals surface area contributed by atoms with Crippen LogP contribution in [0.25, 0.3) is 0 Å². The van der Waals surface area contributed by atoms with Crippen molar-refractivity contribution in [1.82, 2.24) is 10.6 Å². The molecule has 238 valence electrons. The standard InChI is InChI=1S/C35H46N2O7/c1-7-24(3)43-32-22-28(40-5)14-16-30(32)34(38)36-19-9-21-42-27-12-10-26(11-13-27)18-20-37-35(39)31-17-15-29(41-6)23-33(31)44-25(4)8-2/h10-17,22-25H,7-9,18-21H2,1-6H3,(H,36,38)(H,37,39). The quantitative estimate of drug-likeness (QED) is 0.166. The molecule has 0 spiro atoms. The third-order valence-electron chi connectivity index (χ3n) is 7.17. The Balaban J connectivity index is 1.41. The molecule has 2 amide bonds. The van der Waals surface area contributed by atoms with Crippen molar-refractivity contribution >= 4 is 11.8 Å². The number of nitrogens with one attached hydrogen (secondary N) is 2. The van der Waals surface area contributed by atoms with Crippen molar-refractivity contribution in [3.63, 3.8) is 0 Å². The third-order valence-corrected chi connectivity index (χ3v) is 7.17. The summed E-state index contributed by atoms with van der Waals surface area (Å²) in [6, 6.07) is 18.2. The molecule has 0 heterocycles. The van der Waals surface area contributed by atoms with E-state index in [4.69, 9.17) is 23.7 Å². The van der Waals surface area contributed by atoms with Crippen LogP contribution in [0.2, 0.25) is 0 Å². The average Bonchev–Trinajstić information content (AvgIpc) is 3.04. The van der Waals surface area contributed by atoms with E-state index in [1.807, 2.05) is 52.0 Å². The third kappa shape index (κ3) is 10.4. The van der Waals surface area contributed by atoms with Crippen molar-refractivity contribution < 1.29 is 33.3 Å². The zero-order valence-electron chi connectivity index (χ0n) is 26.7. The maximum absolute atomic E-state index is 12.9. The zero-order chi connectivity index (χ0) is 31.9. The zero-order valence-corrected chi connectivity index (χ0v) is 26.7. The fourth-order valence-electron chi connectivity index (χ4n) is 4.16. The van der Waals surface area contributed by atoms with Gasteiger partial charge in [0.05, 0.1) is 44.2 Å². The van der Waals surface area contributed by atoms with Crippen molar-refractivity contribution in [2.45, 2.75) is 65.6 Å². The number of ether oxygens (including phenoxy) is 5. The summed E-state index contributed by atoms with van der Waals surface area (Å²) in [5.41, 5.74) is 2.03. The molecule has 44 heavy (non-hydrogen) atoms. The first-order valence-corrected chi connectivity index (χ1v) is 15.2. The number of hydrogen-bond acceptors (Lipinski definition) is 7. The van der Waals surface area contributed by atoms with Crippen LogP contribution < -0.4 is 34.3 Å². The lowest BCUT2D eigenvalue weighted by Gasteiger charge is -2.17. The van der Waals surface area contributed by atoms with E-state index in [0.29, 0.717) is 66.7 Å². The molecule has 2 N–H and O–H groups in total. The highest BCUT2D eigenvalue weighted by atomic mass is 16.5. The topological polar surface area (TPSA) is 104 Å². The van der Waals surface area contributed by atoms with Crippen molar-refractivity contribution in [3.05, 3.63) is 77.4 Å². The summed E-state index contributed by atoms with van der Waals surface area (Å²) >= 11 is 0. The van der Waals surface area contributed by atoms with Gasteiger partial charge in [-0.15, -0.1) is 0 Å². The Morgan fingerprint density at radius 1 is 0.682 bits per heavy atom. The van der Waals surface area contributed by atoms with Crippen molar-refractivity contribution in [2.24, 2.45) is 0 Å². The van der Waals surface area contributed by atoms with Gasteiger partial charge >= 0.3 is 0 Å². The molecule has 9 heteroatoms. The molecule has 2 atom stereocenters. The van der Waals surface area contributed by atoms with E-state index >= 15 is 0 Å². The van der Waals surface area contributed by atoms with Crippen LogP contribution >= 0.6 is 0 Å². The second kappa shape index (κ2) is 17.7. The number of hydrogen-bond donors (Lipinski definition) is 2. The number of carbonyl (C=O) groups excluding carboxylic acids is 2. The highest BCUT2D eigenvalue weighted by Gasteiger charge is 2.17. The second-order valence-corrected chi connectivity index (χ2v) is 10.5. The van der Waals surface area contributed by atoms with Crippen LogP contribution in [0.5, 0.6) is 28.7 Å². The van der Waals surface area contributed by atoms with E-state index in [9.17, 15) is 9.59 Å². The first-order chi connectivity index (χ1) is 21.3. The van der Waals surface area contributed by atoms with Gasteiger partial charge in [-0.1, -0.05) is 26.0 Å². The Bertz CT molecular complexity index is 1340. The molecule has 3 rings (SSSR count). The molecule has 0 radical (unpaired) electrons. The van der Waals surface area contributed by atoms with E-state index in [1.165, 1.54) is 0 Å². The SMILES string of the molecule is CCC(C)Oc1cc(OC)ccc1C(=O)NCCCOc1ccc(CCNC(=O)c2ccc(OC)cc2OC(C)CC)cc1. The van der Waals surface area contributed by atoms with Gasteiger partial charge in [-0.3, -0.25) is 9.59 Å². The summed E-state index contributed by atoms with van der Waals surface area (Å²) in [5, 5.41) is 5.92. The van der Waals surface area contributed by atoms with Gasteiger partial charge in [0.25, 0.3) is 11.8 Å². The smallest absolute Gasteiger partial charge is 0.255 e. The van der Waals surface area contributed by atoms with Gasteiger partial charge in [0.15, 0.2) is 0 Å². The van der Waals surface area contributed by atoms with Crippen LogP contribution in [0, 0.1) is 0 Å². The van der Waals surface area contributed by atoms with E-state index in [0.717, 1.165) is 24.2 Å². The lowest BCUT2D eigenvalue weighted by Crippen LogP contribution is -2.27. The van der Waals surface area contributed by atoms with Crippen LogP contribution in [-0.4, -0.2) is 57.9 Å². The molecule has 9 nitrogen and oxygen atoms in total. The number of carbonyl (C=O) groups is 2. The maximum Gasteiger partial charge on any atom is 0.255 e. The van der Waals surface area contributed by atoms with Gasteiger partial charge in [0.2, 0.25) is 0 Å². The molecule has 0 fully saturated rings. The van der Waals surface area contributed by atoms with Gasteiger partial charge in [0, 0.05) is 25.2 Å². The molecule has 0 aliphatic heterocycles. The summed E-state index contributed by atoms with van der Waals surface area (Å²) < 4.78 is 28.3. The number of methoxy groups -OCH3 is 2. The monoisotopic (exact) mass is 606 g/mol. The van der Waals surface area contributed by atoms with Crippen LogP contribution in [0.3, 0.4) is 0 Å². The van der Waals surface area contributed by atoms with E-state index in [1.54, 1.807) is 50.6 Å². The van der Waals surface area contributed by atoms with E-state index in [-0.39, 0.29) is 24.0 Å².